The van der Waals surface area contributed by atoms with Crippen molar-refractivity contribution < 1.29 is 4.52 Å². The van der Waals surface area contributed by atoms with Gasteiger partial charge in [0.25, 0.3) is 5.89 Å². The van der Waals surface area contributed by atoms with E-state index in [2.05, 4.69) is 22.4 Å². The second-order valence-corrected chi connectivity index (χ2v) is 4.23. The normalized spacial score (nSPS) is 23.9. The van der Waals surface area contributed by atoms with Crippen molar-refractivity contribution >= 4 is 6.08 Å². The number of hydrogen-bond acceptors (Lipinski definition) is 4. The Morgan fingerprint density at radius 3 is 3.13 bits per heavy atom. The van der Waals surface area contributed by atoms with Gasteiger partial charge in [-0.05, 0) is 32.2 Å². The van der Waals surface area contributed by atoms with Crippen LogP contribution in [0.1, 0.15) is 37.9 Å². The van der Waals surface area contributed by atoms with Crippen LogP contribution in [0.15, 0.2) is 10.1 Å². The smallest absolute Gasteiger partial charge is 0.250 e. The Morgan fingerprint density at radius 1 is 1.60 bits per heavy atom. The lowest BCUT2D eigenvalue weighted by Crippen LogP contribution is -2.06. The SMILES string of the molecule is CNCc1noc(/C=C2/CCC(C)C2)n1. The first-order chi connectivity index (χ1) is 7.28. The summed E-state index contributed by atoms with van der Waals surface area (Å²) >= 11 is 0. The Morgan fingerprint density at radius 2 is 2.47 bits per heavy atom. The highest BCUT2D eigenvalue weighted by molar-refractivity contribution is 5.44. The van der Waals surface area contributed by atoms with Gasteiger partial charge in [0.15, 0.2) is 5.82 Å². The highest BCUT2D eigenvalue weighted by Crippen LogP contribution is 2.30. The van der Waals surface area contributed by atoms with Gasteiger partial charge < -0.3 is 9.84 Å². The summed E-state index contributed by atoms with van der Waals surface area (Å²) in [5.41, 5.74) is 1.43. The Hall–Kier alpha value is -1.16. The lowest BCUT2D eigenvalue weighted by molar-refractivity contribution is 0.401. The van der Waals surface area contributed by atoms with Gasteiger partial charge >= 0.3 is 0 Å². The molecular weight excluding hydrogens is 190 g/mol. The number of hydrogen-bond donors (Lipinski definition) is 1. The van der Waals surface area contributed by atoms with Crippen molar-refractivity contribution in [2.75, 3.05) is 7.05 Å². The first-order valence-corrected chi connectivity index (χ1v) is 5.44. The number of nitrogens with one attached hydrogen (secondary N) is 1. The van der Waals surface area contributed by atoms with Crippen LogP contribution in [-0.4, -0.2) is 17.2 Å². The largest absolute Gasteiger partial charge is 0.335 e. The van der Waals surface area contributed by atoms with E-state index in [1.807, 2.05) is 13.1 Å². The second kappa shape index (κ2) is 4.57. The summed E-state index contributed by atoms with van der Waals surface area (Å²) in [4.78, 5) is 4.27. The third kappa shape index (κ3) is 2.65. The lowest BCUT2D eigenvalue weighted by atomic mass is 10.1. The van der Waals surface area contributed by atoms with E-state index in [4.69, 9.17) is 4.52 Å². The van der Waals surface area contributed by atoms with Gasteiger partial charge in [-0.1, -0.05) is 17.7 Å². The summed E-state index contributed by atoms with van der Waals surface area (Å²) in [5, 5.41) is 6.87. The van der Waals surface area contributed by atoms with Crippen LogP contribution in [0.2, 0.25) is 0 Å². The van der Waals surface area contributed by atoms with Crippen LogP contribution in [0.25, 0.3) is 6.08 Å². The van der Waals surface area contributed by atoms with Gasteiger partial charge in [-0.15, -0.1) is 0 Å². The topological polar surface area (TPSA) is 51.0 Å². The molecule has 1 aromatic heterocycles. The number of aromatic nitrogens is 2. The van der Waals surface area contributed by atoms with Crippen LogP contribution in [-0.2, 0) is 6.54 Å². The van der Waals surface area contributed by atoms with Crippen molar-refractivity contribution in [1.29, 1.82) is 0 Å². The molecule has 1 atom stereocenters. The first kappa shape index (κ1) is 10.4. The molecule has 0 aromatic carbocycles. The highest BCUT2D eigenvalue weighted by Gasteiger charge is 2.15. The predicted octanol–water partition coefficient (Wildman–Crippen LogP) is 1.99. The summed E-state index contributed by atoms with van der Waals surface area (Å²) in [6.07, 6.45) is 5.66. The van der Waals surface area contributed by atoms with E-state index in [-0.39, 0.29) is 0 Å². The van der Waals surface area contributed by atoms with Crippen LogP contribution in [0.5, 0.6) is 0 Å². The molecule has 1 fully saturated rings. The highest BCUT2D eigenvalue weighted by atomic mass is 16.5. The third-order valence-electron chi connectivity index (χ3n) is 2.72. The zero-order chi connectivity index (χ0) is 10.7. The molecule has 1 aliphatic carbocycles. The van der Waals surface area contributed by atoms with E-state index in [9.17, 15) is 0 Å². The molecular formula is C11H17N3O. The summed E-state index contributed by atoms with van der Waals surface area (Å²) < 4.78 is 5.14. The Bertz CT molecular complexity index is 356. The molecule has 0 bridgehead atoms. The van der Waals surface area contributed by atoms with Gasteiger partial charge in [0.05, 0.1) is 6.54 Å². The molecule has 1 N–H and O–H groups in total. The van der Waals surface area contributed by atoms with E-state index in [1.54, 1.807) is 0 Å². The molecule has 1 aromatic rings. The lowest BCUT2D eigenvalue weighted by Gasteiger charge is -1.94. The van der Waals surface area contributed by atoms with E-state index >= 15 is 0 Å². The molecule has 1 aliphatic rings. The molecule has 4 nitrogen and oxygen atoms in total. The van der Waals surface area contributed by atoms with Crippen molar-refractivity contribution in [2.45, 2.75) is 32.7 Å². The molecule has 1 unspecified atom stereocenters. The van der Waals surface area contributed by atoms with Gasteiger partial charge in [0.2, 0.25) is 0 Å². The molecule has 0 amide bonds. The molecule has 0 spiro atoms. The van der Waals surface area contributed by atoms with Crippen LogP contribution >= 0.6 is 0 Å². The second-order valence-electron chi connectivity index (χ2n) is 4.23. The monoisotopic (exact) mass is 207 g/mol. The minimum Gasteiger partial charge on any atom is -0.335 e. The van der Waals surface area contributed by atoms with Crippen molar-refractivity contribution in [3.8, 4) is 0 Å². The minimum atomic E-state index is 0.643. The molecule has 0 aliphatic heterocycles. The van der Waals surface area contributed by atoms with Crippen molar-refractivity contribution in [1.82, 2.24) is 15.5 Å². The van der Waals surface area contributed by atoms with Gasteiger partial charge in [-0.3, -0.25) is 0 Å². The summed E-state index contributed by atoms with van der Waals surface area (Å²) in [6, 6.07) is 0. The molecule has 4 heteroatoms. The molecule has 82 valence electrons. The fourth-order valence-electron chi connectivity index (χ4n) is 1.95. The van der Waals surface area contributed by atoms with Gasteiger partial charge in [-0.25, -0.2) is 0 Å². The standard InChI is InChI=1S/C11H17N3O/c1-8-3-4-9(5-8)6-11-13-10(7-12-2)14-15-11/h6,8,12H,3-5,7H2,1-2H3/b9-6-. The molecule has 0 radical (unpaired) electrons. The first-order valence-electron chi connectivity index (χ1n) is 5.44. The van der Waals surface area contributed by atoms with Crippen LogP contribution in [0.4, 0.5) is 0 Å². The Balaban J connectivity index is 2.03. The molecule has 2 rings (SSSR count). The van der Waals surface area contributed by atoms with E-state index in [0.717, 1.165) is 11.7 Å². The number of nitrogens with zero attached hydrogens (tertiary/aromatic N) is 2. The summed E-state index contributed by atoms with van der Waals surface area (Å²) in [7, 11) is 1.87. The maximum atomic E-state index is 5.14. The van der Waals surface area contributed by atoms with Crippen LogP contribution in [0.3, 0.4) is 0 Å². The Kier molecular flexibility index (Phi) is 3.16. The van der Waals surface area contributed by atoms with Crippen LogP contribution < -0.4 is 5.32 Å². The molecule has 1 heterocycles. The fourth-order valence-corrected chi connectivity index (χ4v) is 1.95. The quantitative estimate of drug-likeness (QED) is 0.823. The average Bonchev–Trinajstić information content (AvgIpc) is 2.78. The van der Waals surface area contributed by atoms with Crippen molar-refractivity contribution in [3.63, 3.8) is 0 Å². The van der Waals surface area contributed by atoms with Gasteiger partial charge in [-0.2, -0.15) is 4.98 Å². The van der Waals surface area contributed by atoms with Crippen molar-refractivity contribution in [3.05, 3.63) is 17.3 Å². The minimum absolute atomic E-state index is 0.643. The zero-order valence-electron chi connectivity index (χ0n) is 9.29. The number of rotatable bonds is 3. The maximum Gasteiger partial charge on any atom is 0.250 e. The van der Waals surface area contributed by atoms with E-state index in [0.29, 0.717) is 12.4 Å². The zero-order valence-corrected chi connectivity index (χ0v) is 9.29. The predicted molar refractivity (Wildman–Crippen MR) is 58.1 cm³/mol. The third-order valence-corrected chi connectivity index (χ3v) is 2.72. The molecule has 1 saturated carbocycles. The maximum absolute atomic E-state index is 5.14. The van der Waals surface area contributed by atoms with Crippen LogP contribution in [0, 0.1) is 5.92 Å². The Labute approximate surface area is 89.8 Å². The molecule has 15 heavy (non-hydrogen) atoms. The van der Waals surface area contributed by atoms with E-state index < -0.39 is 0 Å². The molecule has 0 saturated heterocycles. The number of allylic oxidation sites excluding steroid dienone is 1. The van der Waals surface area contributed by atoms with Crippen molar-refractivity contribution in [2.24, 2.45) is 5.92 Å². The average molecular weight is 207 g/mol. The summed E-state index contributed by atoms with van der Waals surface area (Å²) in [5.74, 6) is 2.16. The van der Waals surface area contributed by atoms with Gasteiger partial charge in [0, 0.05) is 6.08 Å². The summed E-state index contributed by atoms with van der Waals surface area (Å²) in [6.45, 7) is 2.93. The fraction of sp³-hybridized carbons (Fsp3) is 0.636. The van der Waals surface area contributed by atoms with E-state index in [1.165, 1.54) is 24.8 Å². The van der Waals surface area contributed by atoms with Gasteiger partial charge in [0.1, 0.15) is 0 Å².